The zero-order valence-electron chi connectivity index (χ0n) is 9.81. The van der Waals surface area contributed by atoms with E-state index in [1.807, 2.05) is 0 Å². The summed E-state index contributed by atoms with van der Waals surface area (Å²) in [6.07, 6.45) is 2.42. The first kappa shape index (κ1) is 12.7. The van der Waals surface area contributed by atoms with Crippen LogP contribution in [0.15, 0.2) is 22.7 Å². The Morgan fingerprint density at radius 1 is 1.33 bits per heavy atom. The molecular formula is C13H20BrN. The lowest BCUT2D eigenvalue weighted by Gasteiger charge is -2.18. The fourth-order valence-corrected chi connectivity index (χ4v) is 2.05. The van der Waals surface area contributed by atoms with Gasteiger partial charge in [0.15, 0.2) is 0 Å². The van der Waals surface area contributed by atoms with Crippen LogP contribution < -0.4 is 5.32 Å². The molecule has 1 unspecified atom stereocenters. The van der Waals surface area contributed by atoms with E-state index in [-0.39, 0.29) is 0 Å². The number of hydrogen-bond donors (Lipinski definition) is 1. The zero-order chi connectivity index (χ0) is 11.3. The van der Waals surface area contributed by atoms with Gasteiger partial charge in [-0.1, -0.05) is 48.3 Å². The normalized spacial score (nSPS) is 12.8. The van der Waals surface area contributed by atoms with E-state index in [0.717, 1.165) is 6.54 Å². The highest BCUT2D eigenvalue weighted by molar-refractivity contribution is 9.10. The summed E-state index contributed by atoms with van der Waals surface area (Å²) >= 11 is 3.54. The monoisotopic (exact) mass is 269 g/mol. The van der Waals surface area contributed by atoms with Gasteiger partial charge in [-0.3, -0.25) is 0 Å². The van der Waals surface area contributed by atoms with E-state index < -0.39 is 0 Å². The molecule has 1 atom stereocenters. The first-order chi connectivity index (χ1) is 7.19. The third-order valence-corrected chi connectivity index (χ3v) is 3.50. The molecule has 0 spiro atoms. The topological polar surface area (TPSA) is 12.0 Å². The zero-order valence-corrected chi connectivity index (χ0v) is 11.4. The van der Waals surface area contributed by atoms with E-state index in [9.17, 15) is 0 Å². The second kappa shape index (κ2) is 6.29. The van der Waals surface area contributed by atoms with Crippen LogP contribution >= 0.6 is 15.9 Å². The van der Waals surface area contributed by atoms with Crippen LogP contribution in [0.5, 0.6) is 0 Å². The highest BCUT2D eigenvalue weighted by Crippen LogP contribution is 2.23. The van der Waals surface area contributed by atoms with Crippen LogP contribution in [0.3, 0.4) is 0 Å². The molecule has 0 aromatic heterocycles. The molecular weight excluding hydrogens is 250 g/mol. The number of hydrogen-bond acceptors (Lipinski definition) is 1. The Morgan fingerprint density at radius 3 is 2.60 bits per heavy atom. The third kappa shape index (κ3) is 3.62. The summed E-state index contributed by atoms with van der Waals surface area (Å²) in [5.74, 6) is 0. The first-order valence-corrected chi connectivity index (χ1v) is 6.47. The van der Waals surface area contributed by atoms with Gasteiger partial charge in [0, 0.05) is 10.5 Å². The summed E-state index contributed by atoms with van der Waals surface area (Å²) in [6, 6.07) is 7.13. The van der Waals surface area contributed by atoms with Crippen LogP contribution in [-0.4, -0.2) is 6.54 Å². The lowest BCUT2D eigenvalue weighted by Crippen LogP contribution is -2.20. The maximum Gasteiger partial charge on any atom is 0.0320 e. The minimum Gasteiger partial charge on any atom is -0.310 e. The van der Waals surface area contributed by atoms with E-state index in [4.69, 9.17) is 0 Å². The van der Waals surface area contributed by atoms with Crippen molar-refractivity contribution < 1.29 is 0 Å². The molecule has 15 heavy (non-hydrogen) atoms. The Hall–Kier alpha value is -0.340. The Bertz CT molecular complexity index is 303. The minimum atomic E-state index is 0.506. The Balaban J connectivity index is 2.85. The minimum absolute atomic E-state index is 0.506. The van der Waals surface area contributed by atoms with Gasteiger partial charge in [-0.05, 0) is 37.1 Å². The first-order valence-electron chi connectivity index (χ1n) is 5.68. The third-order valence-electron chi connectivity index (χ3n) is 2.61. The van der Waals surface area contributed by atoms with Crippen molar-refractivity contribution in [3.8, 4) is 0 Å². The molecule has 84 valence electrons. The predicted octanol–water partition coefficient (Wildman–Crippen LogP) is 4.21. The Kier molecular flexibility index (Phi) is 5.34. The molecule has 1 rings (SSSR count). The molecule has 0 aliphatic rings. The van der Waals surface area contributed by atoms with Crippen LogP contribution in [0.2, 0.25) is 0 Å². The summed E-state index contributed by atoms with van der Waals surface area (Å²) in [7, 11) is 0. The molecule has 1 nitrogen and oxygen atoms in total. The average molecular weight is 270 g/mol. The maximum atomic E-state index is 3.54. The van der Waals surface area contributed by atoms with Crippen molar-refractivity contribution in [1.29, 1.82) is 0 Å². The van der Waals surface area contributed by atoms with Gasteiger partial charge in [0.2, 0.25) is 0 Å². The van der Waals surface area contributed by atoms with Crippen molar-refractivity contribution in [2.24, 2.45) is 0 Å². The highest BCUT2D eigenvalue weighted by Gasteiger charge is 2.09. The molecule has 0 radical (unpaired) electrons. The smallest absolute Gasteiger partial charge is 0.0320 e. The molecule has 0 bridgehead atoms. The van der Waals surface area contributed by atoms with Gasteiger partial charge in [-0.15, -0.1) is 0 Å². The summed E-state index contributed by atoms with van der Waals surface area (Å²) in [6.45, 7) is 7.56. The lowest BCUT2D eigenvalue weighted by molar-refractivity contribution is 0.509. The standard InChI is InChI=1S/C13H20BrN/c1-4-6-13(15-5-2)11-7-8-12(14)10(3)9-11/h7-9,13,15H,4-6H2,1-3H3. The molecule has 2 heteroatoms. The van der Waals surface area contributed by atoms with Crippen LogP contribution in [0.4, 0.5) is 0 Å². The molecule has 0 amide bonds. The van der Waals surface area contributed by atoms with Crippen LogP contribution in [-0.2, 0) is 0 Å². The molecule has 0 aliphatic carbocycles. The fourth-order valence-electron chi connectivity index (χ4n) is 1.81. The number of benzene rings is 1. The molecule has 0 fully saturated rings. The summed E-state index contributed by atoms with van der Waals surface area (Å²) in [4.78, 5) is 0. The molecule has 1 N–H and O–H groups in total. The molecule has 1 aromatic rings. The van der Waals surface area contributed by atoms with Crippen molar-refractivity contribution in [2.45, 2.75) is 39.7 Å². The maximum absolute atomic E-state index is 3.54. The van der Waals surface area contributed by atoms with Gasteiger partial charge in [-0.25, -0.2) is 0 Å². The van der Waals surface area contributed by atoms with E-state index >= 15 is 0 Å². The Morgan fingerprint density at radius 2 is 2.07 bits per heavy atom. The molecule has 0 heterocycles. The molecule has 0 saturated carbocycles. The van der Waals surface area contributed by atoms with E-state index in [1.165, 1.54) is 28.4 Å². The average Bonchev–Trinajstić information content (AvgIpc) is 2.22. The van der Waals surface area contributed by atoms with Crippen molar-refractivity contribution >= 4 is 15.9 Å². The number of rotatable bonds is 5. The van der Waals surface area contributed by atoms with Crippen molar-refractivity contribution in [2.75, 3.05) is 6.54 Å². The quantitative estimate of drug-likeness (QED) is 0.845. The summed E-state index contributed by atoms with van der Waals surface area (Å²) < 4.78 is 1.19. The Labute approximate surface area is 101 Å². The lowest BCUT2D eigenvalue weighted by atomic mass is 10.0. The van der Waals surface area contributed by atoms with Gasteiger partial charge in [0.25, 0.3) is 0 Å². The summed E-state index contributed by atoms with van der Waals surface area (Å²) in [5, 5.41) is 3.53. The SMILES string of the molecule is CCCC(NCC)c1ccc(Br)c(C)c1. The molecule has 0 saturated heterocycles. The second-order valence-electron chi connectivity index (χ2n) is 3.91. The molecule has 0 aliphatic heterocycles. The van der Waals surface area contributed by atoms with Gasteiger partial charge >= 0.3 is 0 Å². The van der Waals surface area contributed by atoms with Gasteiger partial charge in [-0.2, -0.15) is 0 Å². The van der Waals surface area contributed by atoms with E-state index in [2.05, 4.69) is 60.2 Å². The highest BCUT2D eigenvalue weighted by atomic mass is 79.9. The number of halogens is 1. The fraction of sp³-hybridized carbons (Fsp3) is 0.538. The van der Waals surface area contributed by atoms with Crippen LogP contribution in [0, 0.1) is 6.92 Å². The van der Waals surface area contributed by atoms with Crippen LogP contribution in [0.1, 0.15) is 43.9 Å². The molecule has 1 aromatic carbocycles. The largest absolute Gasteiger partial charge is 0.310 e. The van der Waals surface area contributed by atoms with E-state index in [0.29, 0.717) is 6.04 Å². The predicted molar refractivity (Wildman–Crippen MR) is 70.2 cm³/mol. The number of nitrogens with one attached hydrogen (secondary N) is 1. The van der Waals surface area contributed by atoms with Crippen molar-refractivity contribution in [1.82, 2.24) is 5.32 Å². The van der Waals surface area contributed by atoms with Crippen molar-refractivity contribution in [3.63, 3.8) is 0 Å². The second-order valence-corrected chi connectivity index (χ2v) is 4.76. The number of aryl methyl sites for hydroxylation is 1. The van der Waals surface area contributed by atoms with E-state index in [1.54, 1.807) is 0 Å². The van der Waals surface area contributed by atoms with Gasteiger partial charge < -0.3 is 5.32 Å². The van der Waals surface area contributed by atoms with Gasteiger partial charge in [0.05, 0.1) is 0 Å². The van der Waals surface area contributed by atoms with Crippen LogP contribution in [0.25, 0.3) is 0 Å². The van der Waals surface area contributed by atoms with Crippen molar-refractivity contribution in [3.05, 3.63) is 33.8 Å². The summed E-state index contributed by atoms with van der Waals surface area (Å²) in [5.41, 5.74) is 2.71. The van der Waals surface area contributed by atoms with Gasteiger partial charge in [0.1, 0.15) is 0 Å².